The van der Waals surface area contributed by atoms with E-state index < -0.39 is 0 Å². The van der Waals surface area contributed by atoms with Crippen molar-refractivity contribution < 1.29 is 0 Å². The third kappa shape index (κ3) is 14.7. The fourth-order valence-electron chi connectivity index (χ4n) is 1.58. The van der Waals surface area contributed by atoms with E-state index in [1.807, 2.05) is 11.8 Å². The molecule has 0 rings (SSSR count). The molecule has 0 aliphatic rings. The highest BCUT2D eigenvalue weighted by Crippen LogP contribution is 2.11. The van der Waals surface area contributed by atoms with Gasteiger partial charge in [-0.3, -0.25) is 0 Å². The first-order valence-corrected chi connectivity index (χ1v) is 9.03. The van der Waals surface area contributed by atoms with Gasteiger partial charge < -0.3 is 0 Å². The van der Waals surface area contributed by atoms with E-state index in [1.165, 1.54) is 68.6 Å². The maximum absolute atomic E-state index is 2.27. The zero-order chi connectivity index (χ0) is 11.2. The van der Waals surface area contributed by atoms with Crippen molar-refractivity contribution in [3.05, 3.63) is 0 Å². The number of thioether (sulfide) groups is 2. The molecule has 0 amide bonds. The molecule has 0 bridgehead atoms. The molecule has 0 spiro atoms. The summed E-state index contributed by atoms with van der Waals surface area (Å²) in [6, 6.07) is 0. The molecule has 15 heavy (non-hydrogen) atoms. The molecule has 0 aromatic carbocycles. The first-order valence-electron chi connectivity index (χ1n) is 6.48. The molecular formula is C13H28S2. The summed E-state index contributed by atoms with van der Waals surface area (Å²) in [4.78, 5) is 0. The van der Waals surface area contributed by atoms with Crippen LogP contribution in [0.5, 0.6) is 0 Å². The van der Waals surface area contributed by atoms with E-state index in [0.717, 1.165) is 0 Å². The molecule has 0 unspecified atom stereocenters. The molecule has 0 fully saturated rings. The van der Waals surface area contributed by atoms with Gasteiger partial charge in [0.15, 0.2) is 0 Å². The van der Waals surface area contributed by atoms with Crippen LogP contribution in [-0.4, -0.2) is 23.5 Å². The Morgan fingerprint density at radius 3 is 1.73 bits per heavy atom. The van der Waals surface area contributed by atoms with Crippen LogP contribution in [0.15, 0.2) is 0 Å². The molecule has 0 aromatic rings. The SMILES string of the molecule is CCCSCCCCCCCCCSC. The number of hydrogen-bond acceptors (Lipinski definition) is 2. The molecule has 0 aromatic heterocycles. The second kappa shape index (κ2) is 14.7. The van der Waals surface area contributed by atoms with Gasteiger partial charge in [0, 0.05) is 0 Å². The Hall–Kier alpha value is 0.700. The highest BCUT2D eigenvalue weighted by Gasteiger charge is 1.92. The van der Waals surface area contributed by atoms with Crippen molar-refractivity contribution in [3.63, 3.8) is 0 Å². The first kappa shape index (κ1) is 15.7. The molecule has 2 heteroatoms. The molecule has 0 atom stereocenters. The topological polar surface area (TPSA) is 0 Å². The highest BCUT2D eigenvalue weighted by molar-refractivity contribution is 7.99. The molecule has 0 heterocycles. The van der Waals surface area contributed by atoms with Crippen molar-refractivity contribution in [2.24, 2.45) is 0 Å². The second-order valence-electron chi connectivity index (χ2n) is 4.08. The normalized spacial score (nSPS) is 10.8. The average molecular weight is 249 g/mol. The third-order valence-corrected chi connectivity index (χ3v) is 4.46. The van der Waals surface area contributed by atoms with Gasteiger partial charge in [-0.2, -0.15) is 23.5 Å². The molecule has 0 nitrogen and oxygen atoms in total. The Morgan fingerprint density at radius 2 is 1.20 bits per heavy atom. The lowest BCUT2D eigenvalue weighted by Gasteiger charge is -2.01. The van der Waals surface area contributed by atoms with Crippen LogP contribution < -0.4 is 0 Å². The molecule has 0 aliphatic heterocycles. The lowest BCUT2D eigenvalue weighted by atomic mass is 10.1. The Balaban J connectivity index is 2.81. The predicted molar refractivity (Wildman–Crippen MR) is 78.3 cm³/mol. The summed E-state index contributed by atoms with van der Waals surface area (Å²) >= 11 is 4.10. The van der Waals surface area contributed by atoms with Crippen LogP contribution in [0.2, 0.25) is 0 Å². The maximum atomic E-state index is 2.27. The fraction of sp³-hybridized carbons (Fsp3) is 1.00. The minimum atomic E-state index is 1.33. The quantitative estimate of drug-likeness (QED) is 0.434. The van der Waals surface area contributed by atoms with Crippen molar-refractivity contribution in [1.29, 1.82) is 0 Å². The van der Waals surface area contributed by atoms with Gasteiger partial charge in [0.1, 0.15) is 0 Å². The summed E-state index contributed by atoms with van der Waals surface area (Å²) in [5, 5.41) is 0. The van der Waals surface area contributed by atoms with Gasteiger partial charge >= 0.3 is 0 Å². The fourth-order valence-corrected chi connectivity index (χ4v) is 2.97. The van der Waals surface area contributed by atoms with Crippen LogP contribution in [0.1, 0.15) is 58.3 Å². The van der Waals surface area contributed by atoms with E-state index in [4.69, 9.17) is 0 Å². The summed E-state index contributed by atoms with van der Waals surface area (Å²) < 4.78 is 0. The molecular weight excluding hydrogens is 220 g/mol. The van der Waals surface area contributed by atoms with Crippen molar-refractivity contribution in [2.45, 2.75) is 58.3 Å². The summed E-state index contributed by atoms with van der Waals surface area (Å²) in [5.41, 5.74) is 0. The van der Waals surface area contributed by atoms with E-state index >= 15 is 0 Å². The van der Waals surface area contributed by atoms with Gasteiger partial charge in [0.25, 0.3) is 0 Å². The van der Waals surface area contributed by atoms with Gasteiger partial charge in [0.2, 0.25) is 0 Å². The zero-order valence-electron chi connectivity index (χ0n) is 10.6. The van der Waals surface area contributed by atoms with Gasteiger partial charge in [-0.25, -0.2) is 0 Å². The van der Waals surface area contributed by atoms with E-state index in [9.17, 15) is 0 Å². The maximum Gasteiger partial charge on any atom is -0.00675 e. The Bertz CT molecular complexity index is 92.7. The Morgan fingerprint density at radius 1 is 0.667 bits per heavy atom. The van der Waals surface area contributed by atoms with Crippen LogP contribution in [0.3, 0.4) is 0 Å². The van der Waals surface area contributed by atoms with Crippen molar-refractivity contribution in [2.75, 3.05) is 23.5 Å². The van der Waals surface area contributed by atoms with Crippen LogP contribution in [0.25, 0.3) is 0 Å². The minimum Gasteiger partial charge on any atom is -0.165 e. The summed E-state index contributed by atoms with van der Waals surface area (Å²) in [5.74, 6) is 4.10. The van der Waals surface area contributed by atoms with Crippen LogP contribution in [0.4, 0.5) is 0 Å². The van der Waals surface area contributed by atoms with Crippen LogP contribution in [-0.2, 0) is 0 Å². The third-order valence-electron chi connectivity index (χ3n) is 2.49. The van der Waals surface area contributed by atoms with Gasteiger partial charge in [-0.05, 0) is 42.8 Å². The van der Waals surface area contributed by atoms with Gasteiger partial charge in [0.05, 0.1) is 0 Å². The second-order valence-corrected chi connectivity index (χ2v) is 6.29. The largest absolute Gasteiger partial charge is 0.165 e. The van der Waals surface area contributed by atoms with E-state index in [-0.39, 0.29) is 0 Å². The van der Waals surface area contributed by atoms with E-state index in [1.54, 1.807) is 0 Å². The molecule has 0 saturated carbocycles. The molecule has 0 aliphatic carbocycles. The molecule has 0 saturated heterocycles. The van der Waals surface area contributed by atoms with E-state index in [2.05, 4.69) is 24.9 Å². The number of rotatable bonds is 12. The predicted octanol–water partition coefficient (Wildman–Crippen LogP) is 5.22. The standard InChI is InChI=1S/C13H28S2/c1-3-11-15-13-10-8-6-4-5-7-9-12-14-2/h3-13H2,1-2H3. The number of hydrogen-bond donors (Lipinski definition) is 0. The highest BCUT2D eigenvalue weighted by atomic mass is 32.2. The average Bonchev–Trinajstić information content (AvgIpc) is 2.26. The molecule has 92 valence electrons. The van der Waals surface area contributed by atoms with Gasteiger partial charge in [-0.15, -0.1) is 0 Å². The van der Waals surface area contributed by atoms with Crippen LogP contribution >= 0.6 is 23.5 Å². The summed E-state index contributed by atoms with van der Waals surface area (Å²) in [6.45, 7) is 2.27. The van der Waals surface area contributed by atoms with Crippen molar-refractivity contribution in [1.82, 2.24) is 0 Å². The van der Waals surface area contributed by atoms with Gasteiger partial charge in [-0.1, -0.05) is 39.0 Å². The van der Waals surface area contributed by atoms with Crippen molar-refractivity contribution >= 4 is 23.5 Å². The minimum absolute atomic E-state index is 1.33. The Labute approximate surface area is 105 Å². The molecule has 0 N–H and O–H groups in total. The summed E-state index contributed by atoms with van der Waals surface area (Å²) in [7, 11) is 0. The first-order chi connectivity index (χ1) is 7.41. The lowest BCUT2D eigenvalue weighted by Crippen LogP contribution is -1.85. The lowest BCUT2D eigenvalue weighted by molar-refractivity contribution is 0.605. The molecule has 0 radical (unpaired) electrons. The number of unbranched alkanes of at least 4 members (excludes halogenated alkanes) is 6. The van der Waals surface area contributed by atoms with Crippen LogP contribution in [0, 0.1) is 0 Å². The summed E-state index contributed by atoms with van der Waals surface area (Å²) in [6.07, 6.45) is 13.7. The Kier molecular flexibility index (Phi) is 15.4. The van der Waals surface area contributed by atoms with E-state index in [0.29, 0.717) is 0 Å². The smallest absolute Gasteiger partial charge is 0.00675 e. The van der Waals surface area contributed by atoms with Crippen molar-refractivity contribution in [3.8, 4) is 0 Å². The zero-order valence-corrected chi connectivity index (χ0v) is 12.2. The monoisotopic (exact) mass is 248 g/mol.